The van der Waals surface area contributed by atoms with Gasteiger partial charge in [-0.2, -0.15) is 0 Å². The first-order valence-corrected chi connectivity index (χ1v) is 10.7. The molecule has 0 radical (unpaired) electrons. The van der Waals surface area contributed by atoms with E-state index in [0.29, 0.717) is 27.4 Å². The molecule has 3 rings (SSSR count). The zero-order valence-electron chi connectivity index (χ0n) is 16.4. The third kappa shape index (κ3) is 5.28. The van der Waals surface area contributed by atoms with Gasteiger partial charge in [0.15, 0.2) is 0 Å². The molecule has 156 valence electrons. The molecule has 1 fully saturated rings. The third-order valence-corrected chi connectivity index (χ3v) is 5.82. The number of rotatable bonds is 6. The number of nitrogens with one attached hydrogen (secondary N) is 1. The smallest absolute Gasteiger partial charge is 0.241 e. The summed E-state index contributed by atoms with van der Waals surface area (Å²) in [6.07, 6.45) is 0. The van der Waals surface area contributed by atoms with Crippen molar-refractivity contribution in [2.45, 2.75) is 19.9 Å². The summed E-state index contributed by atoms with van der Waals surface area (Å²) in [5, 5.41) is 3.90. The highest BCUT2D eigenvalue weighted by atomic mass is 35.5. The number of nitrogens with zero attached hydrogens (tertiary/aromatic N) is 2. The molecule has 29 heavy (non-hydrogen) atoms. The van der Waals surface area contributed by atoms with Crippen LogP contribution in [0.4, 0.5) is 11.4 Å². The summed E-state index contributed by atoms with van der Waals surface area (Å²) in [6.45, 7) is 7.64. The van der Waals surface area contributed by atoms with Crippen LogP contribution in [-0.4, -0.2) is 49.6 Å². The minimum Gasteiger partial charge on any atom is -0.492 e. The lowest BCUT2D eigenvalue weighted by molar-refractivity contribution is -0.120. The van der Waals surface area contributed by atoms with Crippen LogP contribution < -0.4 is 15.0 Å². The summed E-state index contributed by atoms with van der Waals surface area (Å²) in [5.74, 6) is 0.737. The number of hydrogen-bond donors (Lipinski definition) is 1. The number of benzene rings is 2. The predicted octanol–water partition coefficient (Wildman–Crippen LogP) is 5.19. The Balaban J connectivity index is 1.62. The fraction of sp³-hybridized carbons (Fsp3) is 0.381. The monoisotopic (exact) mass is 455 g/mol. The van der Waals surface area contributed by atoms with Gasteiger partial charge in [-0.25, -0.2) is 0 Å². The van der Waals surface area contributed by atoms with Crippen LogP contribution >= 0.6 is 34.8 Å². The van der Waals surface area contributed by atoms with Gasteiger partial charge in [-0.3, -0.25) is 9.69 Å². The lowest BCUT2D eigenvalue weighted by Crippen LogP contribution is -2.53. The Hall–Kier alpha value is -1.66. The number of anilines is 2. The molecule has 1 N–H and O–H groups in total. The van der Waals surface area contributed by atoms with E-state index in [2.05, 4.69) is 21.2 Å². The number of carbonyl (C=O) groups is 1. The summed E-state index contributed by atoms with van der Waals surface area (Å²) in [7, 11) is 0. The van der Waals surface area contributed by atoms with Gasteiger partial charge in [-0.05, 0) is 38.1 Å². The van der Waals surface area contributed by atoms with Crippen molar-refractivity contribution in [3.63, 3.8) is 0 Å². The second-order valence-electron chi connectivity index (χ2n) is 6.83. The van der Waals surface area contributed by atoms with E-state index in [9.17, 15) is 4.79 Å². The van der Waals surface area contributed by atoms with Gasteiger partial charge in [-0.1, -0.05) is 46.9 Å². The van der Waals surface area contributed by atoms with E-state index in [1.165, 1.54) is 0 Å². The zero-order chi connectivity index (χ0) is 21.0. The van der Waals surface area contributed by atoms with Crippen molar-refractivity contribution >= 4 is 52.1 Å². The molecule has 1 saturated heterocycles. The third-order valence-electron chi connectivity index (χ3n) is 5.00. The Morgan fingerprint density at radius 2 is 1.72 bits per heavy atom. The fourth-order valence-corrected chi connectivity index (χ4v) is 4.31. The maximum absolute atomic E-state index is 12.8. The molecule has 0 saturated carbocycles. The zero-order valence-corrected chi connectivity index (χ0v) is 18.7. The average molecular weight is 457 g/mol. The second-order valence-corrected chi connectivity index (χ2v) is 8.08. The number of halogens is 3. The number of piperazine rings is 1. The van der Waals surface area contributed by atoms with E-state index in [0.717, 1.165) is 37.6 Å². The molecule has 0 aromatic heterocycles. The standard InChI is InChI=1S/C21H24Cl3N3O2/c1-3-29-19-7-5-4-6-18(19)27-10-8-26(9-11-27)14(2)21(28)25-20-16(23)12-15(22)13-17(20)24/h4-7,12-14H,3,8-11H2,1-2H3,(H,25,28). The quantitative estimate of drug-likeness (QED) is 0.649. The van der Waals surface area contributed by atoms with Gasteiger partial charge in [0.25, 0.3) is 0 Å². The van der Waals surface area contributed by atoms with Crippen LogP contribution in [-0.2, 0) is 4.79 Å². The van der Waals surface area contributed by atoms with Crippen molar-refractivity contribution in [3.8, 4) is 5.75 Å². The van der Waals surface area contributed by atoms with Crippen molar-refractivity contribution in [1.29, 1.82) is 0 Å². The van der Waals surface area contributed by atoms with Gasteiger partial charge >= 0.3 is 0 Å². The highest BCUT2D eigenvalue weighted by molar-refractivity contribution is 6.42. The van der Waals surface area contributed by atoms with Gasteiger partial charge in [0.05, 0.1) is 34.1 Å². The molecule has 1 heterocycles. The molecule has 2 aromatic rings. The van der Waals surface area contributed by atoms with Gasteiger partial charge in [0.2, 0.25) is 5.91 Å². The molecule has 0 aliphatic carbocycles. The van der Waals surface area contributed by atoms with Crippen LogP contribution in [0.3, 0.4) is 0 Å². The SMILES string of the molecule is CCOc1ccccc1N1CCN(C(C)C(=O)Nc2c(Cl)cc(Cl)cc2Cl)CC1. The van der Waals surface area contributed by atoms with Crippen molar-refractivity contribution in [2.24, 2.45) is 0 Å². The van der Waals surface area contributed by atoms with Crippen LogP contribution in [0, 0.1) is 0 Å². The number of hydrogen-bond acceptors (Lipinski definition) is 4. The van der Waals surface area contributed by atoms with E-state index in [1.54, 1.807) is 12.1 Å². The Kier molecular flexibility index (Phi) is 7.52. The van der Waals surface area contributed by atoms with Crippen molar-refractivity contribution < 1.29 is 9.53 Å². The molecule has 5 nitrogen and oxygen atoms in total. The molecule has 1 aliphatic heterocycles. The maximum atomic E-state index is 12.8. The highest BCUT2D eigenvalue weighted by Gasteiger charge is 2.27. The average Bonchev–Trinajstić information content (AvgIpc) is 2.71. The first-order chi connectivity index (χ1) is 13.9. The van der Waals surface area contributed by atoms with Crippen molar-refractivity contribution in [1.82, 2.24) is 4.90 Å². The van der Waals surface area contributed by atoms with E-state index >= 15 is 0 Å². The van der Waals surface area contributed by atoms with E-state index in [1.807, 2.05) is 32.0 Å². The highest BCUT2D eigenvalue weighted by Crippen LogP contribution is 2.34. The largest absolute Gasteiger partial charge is 0.492 e. The number of ether oxygens (including phenoxy) is 1. The van der Waals surface area contributed by atoms with E-state index in [4.69, 9.17) is 39.5 Å². The Morgan fingerprint density at radius 3 is 2.34 bits per heavy atom. The molecule has 2 aromatic carbocycles. The van der Waals surface area contributed by atoms with E-state index in [-0.39, 0.29) is 11.9 Å². The molecule has 1 atom stereocenters. The predicted molar refractivity (Wildman–Crippen MR) is 121 cm³/mol. The summed E-state index contributed by atoms with van der Waals surface area (Å²) in [5.41, 5.74) is 1.48. The minimum atomic E-state index is -0.318. The summed E-state index contributed by atoms with van der Waals surface area (Å²) in [6, 6.07) is 10.8. The Labute approximate surface area is 186 Å². The van der Waals surface area contributed by atoms with Crippen molar-refractivity contribution in [2.75, 3.05) is 43.0 Å². The van der Waals surface area contributed by atoms with Crippen LogP contribution in [0.2, 0.25) is 15.1 Å². The first-order valence-electron chi connectivity index (χ1n) is 9.57. The summed E-state index contributed by atoms with van der Waals surface area (Å²) >= 11 is 18.3. The second kappa shape index (κ2) is 9.90. The van der Waals surface area contributed by atoms with Gasteiger partial charge in [-0.15, -0.1) is 0 Å². The molecule has 0 bridgehead atoms. The number of carbonyl (C=O) groups excluding carboxylic acids is 1. The molecule has 1 unspecified atom stereocenters. The normalized spacial score (nSPS) is 15.8. The molecular weight excluding hydrogens is 433 g/mol. The topological polar surface area (TPSA) is 44.8 Å². The molecular formula is C21H24Cl3N3O2. The van der Waals surface area contributed by atoms with Gasteiger partial charge in [0.1, 0.15) is 5.75 Å². The van der Waals surface area contributed by atoms with Crippen molar-refractivity contribution in [3.05, 3.63) is 51.5 Å². The van der Waals surface area contributed by atoms with Crippen LogP contribution in [0.15, 0.2) is 36.4 Å². The summed E-state index contributed by atoms with van der Waals surface area (Å²) in [4.78, 5) is 17.2. The Bertz CT molecular complexity index is 847. The minimum absolute atomic E-state index is 0.153. The lowest BCUT2D eigenvalue weighted by atomic mass is 10.2. The molecule has 1 aliphatic rings. The maximum Gasteiger partial charge on any atom is 0.241 e. The van der Waals surface area contributed by atoms with Crippen LogP contribution in [0.25, 0.3) is 0 Å². The fourth-order valence-electron chi connectivity index (χ4n) is 3.40. The van der Waals surface area contributed by atoms with Gasteiger partial charge in [0, 0.05) is 31.2 Å². The lowest BCUT2D eigenvalue weighted by Gasteiger charge is -2.39. The summed E-state index contributed by atoms with van der Waals surface area (Å²) < 4.78 is 5.75. The van der Waals surface area contributed by atoms with Crippen LogP contribution in [0.1, 0.15) is 13.8 Å². The van der Waals surface area contributed by atoms with E-state index < -0.39 is 0 Å². The molecule has 0 spiro atoms. The molecule has 1 amide bonds. The first kappa shape index (κ1) is 22.0. The van der Waals surface area contributed by atoms with Crippen LogP contribution in [0.5, 0.6) is 5.75 Å². The molecule has 8 heteroatoms. The number of amides is 1. The number of para-hydroxylation sites is 2. The Morgan fingerprint density at radius 1 is 1.10 bits per heavy atom. The van der Waals surface area contributed by atoms with Gasteiger partial charge < -0.3 is 15.0 Å².